The molecule has 1 saturated carbocycles. The van der Waals surface area contributed by atoms with Crippen molar-refractivity contribution in [2.45, 2.75) is 32.2 Å². The van der Waals surface area contributed by atoms with Crippen molar-refractivity contribution < 1.29 is 4.79 Å². The highest BCUT2D eigenvalue weighted by Gasteiger charge is 2.26. The van der Waals surface area contributed by atoms with Crippen molar-refractivity contribution in [3.63, 3.8) is 0 Å². The van der Waals surface area contributed by atoms with E-state index < -0.39 is 0 Å². The minimum atomic E-state index is -0.0422. The summed E-state index contributed by atoms with van der Waals surface area (Å²) in [7, 11) is 0. The van der Waals surface area contributed by atoms with Crippen molar-refractivity contribution in [2.24, 2.45) is 11.7 Å². The number of hydrogen-bond donors (Lipinski definition) is 2. The van der Waals surface area contributed by atoms with Crippen LogP contribution in [0.25, 0.3) is 0 Å². The lowest BCUT2D eigenvalue weighted by atomic mass is 9.82. The lowest BCUT2D eigenvalue weighted by Crippen LogP contribution is -2.44. The summed E-state index contributed by atoms with van der Waals surface area (Å²) < 4.78 is 0. The Morgan fingerprint density at radius 1 is 1.67 bits per heavy atom. The Labute approximate surface area is 77.7 Å². The monoisotopic (exact) mass is 186 g/mol. The summed E-state index contributed by atoms with van der Waals surface area (Å²) in [5.41, 5.74) is 5.23. The van der Waals surface area contributed by atoms with E-state index >= 15 is 0 Å². The lowest BCUT2D eigenvalue weighted by Gasteiger charge is -2.33. The zero-order valence-corrected chi connectivity index (χ0v) is 7.99. The first kappa shape index (κ1) is 9.45. The third-order valence-electron chi connectivity index (χ3n) is 2.07. The maximum Gasteiger partial charge on any atom is 0.227 e. The van der Waals surface area contributed by atoms with E-state index in [2.05, 4.69) is 24.5 Å². The molecular formula is C8H14N2OS. The number of carbonyl (C=O) groups excluding carboxylic acids is 1. The first-order valence-corrected chi connectivity index (χ1v) is 4.56. The summed E-state index contributed by atoms with van der Waals surface area (Å²) in [5, 5.41) is 2.87. The number of nitrogens with two attached hydrogens (primary N) is 1. The van der Waals surface area contributed by atoms with Gasteiger partial charge in [0.25, 0.3) is 0 Å². The molecule has 0 aliphatic heterocycles. The Hall–Kier alpha value is -0.640. The normalized spacial score (nSPS) is 27.4. The largest absolute Gasteiger partial charge is 0.393 e. The van der Waals surface area contributed by atoms with Gasteiger partial charge >= 0.3 is 0 Å². The molecular weight excluding hydrogens is 172 g/mol. The molecule has 1 aliphatic rings. The van der Waals surface area contributed by atoms with E-state index in [1.807, 2.05) is 0 Å². The highest BCUT2D eigenvalue weighted by molar-refractivity contribution is 7.80. The topological polar surface area (TPSA) is 55.1 Å². The highest BCUT2D eigenvalue weighted by Crippen LogP contribution is 2.26. The fourth-order valence-corrected chi connectivity index (χ4v) is 1.59. The Bertz CT molecular complexity index is 199. The molecule has 0 aromatic rings. The van der Waals surface area contributed by atoms with Crippen LogP contribution in [0.2, 0.25) is 0 Å². The average molecular weight is 186 g/mol. The van der Waals surface area contributed by atoms with Gasteiger partial charge in [-0.25, -0.2) is 0 Å². The Morgan fingerprint density at radius 3 is 2.67 bits per heavy atom. The standard InChI is InChI=1S/C8H14N2OS/c1-5-2-6(3-5)10-8(11)4-7(9)12/h5-6H,2-4H2,1H3,(H2,9,12)(H,10,11). The highest BCUT2D eigenvalue weighted by atomic mass is 32.1. The van der Waals surface area contributed by atoms with Crippen LogP contribution in [0, 0.1) is 5.92 Å². The maximum atomic E-state index is 11.1. The van der Waals surface area contributed by atoms with Crippen molar-refractivity contribution in [1.29, 1.82) is 0 Å². The summed E-state index contributed by atoms with van der Waals surface area (Å²) in [5.74, 6) is 0.708. The quantitative estimate of drug-likeness (QED) is 0.634. The second kappa shape index (κ2) is 3.85. The van der Waals surface area contributed by atoms with Gasteiger partial charge in [0, 0.05) is 6.04 Å². The summed E-state index contributed by atoms with van der Waals surface area (Å²) in [6.45, 7) is 2.18. The predicted molar refractivity (Wildman–Crippen MR) is 51.7 cm³/mol. The van der Waals surface area contributed by atoms with Gasteiger partial charge in [0.1, 0.15) is 0 Å². The molecule has 68 valence electrons. The van der Waals surface area contributed by atoms with Gasteiger partial charge in [-0.15, -0.1) is 0 Å². The molecule has 1 fully saturated rings. The summed E-state index contributed by atoms with van der Waals surface area (Å²) in [6, 6.07) is 0.363. The van der Waals surface area contributed by atoms with Crippen LogP contribution in [0.5, 0.6) is 0 Å². The molecule has 0 bridgehead atoms. The third-order valence-corrected chi connectivity index (χ3v) is 2.22. The molecule has 0 atom stereocenters. The van der Waals surface area contributed by atoms with E-state index in [0.717, 1.165) is 18.8 Å². The Kier molecular flexibility index (Phi) is 3.03. The third kappa shape index (κ3) is 2.77. The van der Waals surface area contributed by atoms with Crippen molar-refractivity contribution >= 4 is 23.1 Å². The first-order chi connectivity index (χ1) is 5.58. The Morgan fingerprint density at radius 2 is 2.25 bits per heavy atom. The van der Waals surface area contributed by atoms with E-state index in [-0.39, 0.29) is 17.3 Å². The van der Waals surface area contributed by atoms with Crippen LogP contribution in [-0.2, 0) is 4.79 Å². The molecule has 3 N–H and O–H groups in total. The van der Waals surface area contributed by atoms with Crippen LogP contribution in [-0.4, -0.2) is 16.9 Å². The van der Waals surface area contributed by atoms with Gasteiger partial charge in [0.2, 0.25) is 5.91 Å². The molecule has 3 nitrogen and oxygen atoms in total. The van der Waals surface area contributed by atoms with Crippen molar-refractivity contribution in [3.05, 3.63) is 0 Å². The van der Waals surface area contributed by atoms with E-state index in [1.165, 1.54) is 0 Å². The number of amides is 1. The van der Waals surface area contributed by atoms with Gasteiger partial charge in [-0.2, -0.15) is 0 Å². The van der Waals surface area contributed by atoms with Crippen LogP contribution in [0.15, 0.2) is 0 Å². The minimum absolute atomic E-state index is 0.0422. The fraction of sp³-hybridized carbons (Fsp3) is 0.750. The summed E-state index contributed by atoms with van der Waals surface area (Å²) >= 11 is 4.62. The van der Waals surface area contributed by atoms with Gasteiger partial charge in [-0.05, 0) is 18.8 Å². The molecule has 0 aromatic carbocycles. The molecule has 0 spiro atoms. The molecule has 4 heteroatoms. The Balaban J connectivity index is 2.15. The predicted octanol–water partition coefficient (Wildman–Crippen LogP) is 0.577. The number of thiocarbonyl (C=S) groups is 1. The van der Waals surface area contributed by atoms with Crippen molar-refractivity contribution in [1.82, 2.24) is 5.32 Å². The summed E-state index contributed by atoms with van der Waals surface area (Å²) in [4.78, 5) is 11.3. The fourth-order valence-electron chi connectivity index (χ4n) is 1.46. The first-order valence-electron chi connectivity index (χ1n) is 4.15. The number of hydrogen-bond acceptors (Lipinski definition) is 2. The molecule has 0 aromatic heterocycles. The van der Waals surface area contributed by atoms with Gasteiger partial charge < -0.3 is 11.1 Å². The SMILES string of the molecule is CC1CC(NC(=O)CC(N)=S)C1. The smallest absolute Gasteiger partial charge is 0.227 e. The molecule has 1 rings (SSSR count). The second-order valence-corrected chi connectivity index (χ2v) is 4.01. The van der Waals surface area contributed by atoms with Crippen LogP contribution >= 0.6 is 12.2 Å². The zero-order chi connectivity index (χ0) is 9.14. The van der Waals surface area contributed by atoms with Gasteiger partial charge in [-0.1, -0.05) is 19.1 Å². The van der Waals surface area contributed by atoms with Crippen LogP contribution in [0.4, 0.5) is 0 Å². The zero-order valence-electron chi connectivity index (χ0n) is 7.17. The van der Waals surface area contributed by atoms with E-state index in [1.54, 1.807) is 0 Å². The van der Waals surface area contributed by atoms with E-state index in [4.69, 9.17) is 5.73 Å². The molecule has 0 heterocycles. The maximum absolute atomic E-state index is 11.1. The van der Waals surface area contributed by atoms with Crippen molar-refractivity contribution in [2.75, 3.05) is 0 Å². The molecule has 1 aliphatic carbocycles. The number of nitrogens with one attached hydrogen (secondary N) is 1. The molecule has 12 heavy (non-hydrogen) atoms. The van der Waals surface area contributed by atoms with Crippen LogP contribution in [0.1, 0.15) is 26.2 Å². The van der Waals surface area contributed by atoms with E-state index in [0.29, 0.717) is 6.04 Å². The van der Waals surface area contributed by atoms with Crippen LogP contribution < -0.4 is 11.1 Å². The average Bonchev–Trinajstić information content (AvgIpc) is 1.82. The van der Waals surface area contributed by atoms with Gasteiger partial charge in [0.05, 0.1) is 11.4 Å². The minimum Gasteiger partial charge on any atom is -0.393 e. The molecule has 0 saturated heterocycles. The summed E-state index contributed by atoms with van der Waals surface area (Å²) in [6.07, 6.45) is 2.35. The van der Waals surface area contributed by atoms with E-state index in [9.17, 15) is 4.79 Å². The molecule has 0 unspecified atom stereocenters. The number of carbonyl (C=O) groups is 1. The van der Waals surface area contributed by atoms with Gasteiger partial charge in [0.15, 0.2) is 0 Å². The molecule has 0 radical (unpaired) electrons. The van der Waals surface area contributed by atoms with Crippen LogP contribution in [0.3, 0.4) is 0 Å². The second-order valence-electron chi connectivity index (χ2n) is 3.48. The van der Waals surface area contributed by atoms with Crippen molar-refractivity contribution in [3.8, 4) is 0 Å². The number of rotatable bonds is 3. The lowest BCUT2D eigenvalue weighted by molar-refractivity contribution is -0.121. The van der Waals surface area contributed by atoms with Gasteiger partial charge in [-0.3, -0.25) is 4.79 Å². The molecule has 1 amide bonds.